The van der Waals surface area contributed by atoms with Crippen LogP contribution in [0.4, 0.5) is 0 Å². The topological polar surface area (TPSA) is 84.0 Å². The van der Waals surface area contributed by atoms with Gasteiger partial charge in [0.25, 0.3) is 0 Å². The highest BCUT2D eigenvalue weighted by Gasteiger charge is 2.29. The molecule has 2 aliphatic heterocycles. The Morgan fingerprint density at radius 1 is 0.957 bits per heavy atom. The van der Waals surface area contributed by atoms with E-state index >= 15 is 0 Å². The molecule has 0 amide bonds. The molecule has 1 fully saturated rings. The number of rotatable bonds is 3. The average Bonchev–Trinajstić information content (AvgIpc) is 2.53. The van der Waals surface area contributed by atoms with E-state index in [1.54, 1.807) is 18.2 Å². The van der Waals surface area contributed by atoms with Crippen molar-refractivity contribution >= 4 is 20.0 Å². The third-order valence-corrected chi connectivity index (χ3v) is 7.38. The van der Waals surface area contributed by atoms with E-state index in [1.807, 2.05) is 0 Å². The molecule has 1 saturated heterocycles. The van der Waals surface area contributed by atoms with Gasteiger partial charge in [-0.2, -0.15) is 8.61 Å². The maximum Gasteiger partial charge on any atom is 0.243 e. The van der Waals surface area contributed by atoms with Crippen molar-refractivity contribution in [1.82, 2.24) is 8.61 Å². The summed E-state index contributed by atoms with van der Waals surface area (Å²) in [6, 6.07) is 5.01. The van der Waals surface area contributed by atoms with Crippen LogP contribution < -0.4 is 0 Å². The zero-order valence-corrected chi connectivity index (χ0v) is 14.6. The van der Waals surface area contributed by atoms with Gasteiger partial charge in [-0.15, -0.1) is 0 Å². The fraction of sp³-hybridized carbons (Fsp3) is 0.571. The van der Waals surface area contributed by atoms with Gasteiger partial charge in [-0.1, -0.05) is 6.07 Å². The molecular formula is C14H20N2O5S2. The lowest BCUT2D eigenvalue weighted by molar-refractivity contribution is 0.0730. The lowest BCUT2D eigenvalue weighted by atomic mass is 10.0. The SMILES string of the molecule is CS(=O)(=O)N1CCc2ccc(S(=O)(=O)N3CCOCC3)cc2C1. The number of nitrogens with zero attached hydrogens (tertiary/aromatic N) is 2. The van der Waals surface area contributed by atoms with E-state index < -0.39 is 20.0 Å². The molecule has 0 bridgehead atoms. The van der Waals surface area contributed by atoms with Crippen molar-refractivity contribution in [3.63, 3.8) is 0 Å². The first-order valence-electron chi connectivity index (χ1n) is 7.43. The van der Waals surface area contributed by atoms with Crippen molar-refractivity contribution in [2.24, 2.45) is 0 Å². The number of hydrogen-bond acceptors (Lipinski definition) is 5. The summed E-state index contributed by atoms with van der Waals surface area (Å²) in [6.45, 7) is 2.13. The molecule has 1 aromatic carbocycles. The van der Waals surface area contributed by atoms with Crippen molar-refractivity contribution < 1.29 is 21.6 Å². The largest absolute Gasteiger partial charge is 0.379 e. The van der Waals surface area contributed by atoms with E-state index in [1.165, 1.54) is 14.9 Å². The van der Waals surface area contributed by atoms with Crippen LogP contribution in [0.2, 0.25) is 0 Å². The second-order valence-corrected chi connectivity index (χ2v) is 9.71. The Morgan fingerprint density at radius 3 is 2.30 bits per heavy atom. The molecule has 23 heavy (non-hydrogen) atoms. The number of fused-ring (bicyclic) bond motifs is 1. The van der Waals surface area contributed by atoms with E-state index in [-0.39, 0.29) is 11.4 Å². The van der Waals surface area contributed by atoms with E-state index in [0.717, 1.165) is 11.1 Å². The van der Waals surface area contributed by atoms with Gasteiger partial charge in [-0.3, -0.25) is 0 Å². The first kappa shape index (κ1) is 16.8. The van der Waals surface area contributed by atoms with Crippen molar-refractivity contribution in [3.05, 3.63) is 29.3 Å². The molecule has 128 valence electrons. The maximum absolute atomic E-state index is 12.7. The Hall–Kier alpha value is -1.00. The first-order valence-corrected chi connectivity index (χ1v) is 10.7. The highest BCUT2D eigenvalue weighted by Crippen LogP contribution is 2.25. The molecular weight excluding hydrogens is 340 g/mol. The van der Waals surface area contributed by atoms with Crippen LogP contribution in [-0.4, -0.2) is 64.5 Å². The molecule has 0 spiro atoms. The van der Waals surface area contributed by atoms with Crippen LogP contribution >= 0.6 is 0 Å². The summed E-state index contributed by atoms with van der Waals surface area (Å²) in [6.07, 6.45) is 1.77. The van der Waals surface area contributed by atoms with Crippen molar-refractivity contribution in [2.75, 3.05) is 39.1 Å². The van der Waals surface area contributed by atoms with Crippen LogP contribution in [0.3, 0.4) is 0 Å². The minimum absolute atomic E-state index is 0.216. The first-order chi connectivity index (χ1) is 10.8. The van der Waals surface area contributed by atoms with Gasteiger partial charge in [-0.25, -0.2) is 16.8 Å². The van der Waals surface area contributed by atoms with Crippen LogP contribution in [0.25, 0.3) is 0 Å². The van der Waals surface area contributed by atoms with Crippen molar-refractivity contribution in [2.45, 2.75) is 17.9 Å². The highest BCUT2D eigenvalue weighted by atomic mass is 32.2. The van der Waals surface area contributed by atoms with Gasteiger partial charge in [0.1, 0.15) is 0 Å². The molecule has 2 aliphatic rings. The maximum atomic E-state index is 12.7. The Morgan fingerprint density at radius 2 is 1.65 bits per heavy atom. The summed E-state index contributed by atoms with van der Waals surface area (Å²) in [7, 11) is -6.84. The zero-order chi connectivity index (χ0) is 16.7. The van der Waals surface area contributed by atoms with E-state index in [9.17, 15) is 16.8 Å². The molecule has 0 unspecified atom stereocenters. The molecule has 0 aromatic heterocycles. The quantitative estimate of drug-likeness (QED) is 0.759. The number of ether oxygens (including phenoxy) is 1. The monoisotopic (exact) mass is 360 g/mol. The number of hydrogen-bond donors (Lipinski definition) is 0. The van der Waals surface area contributed by atoms with Gasteiger partial charge in [0.2, 0.25) is 20.0 Å². The van der Waals surface area contributed by atoms with E-state index in [4.69, 9.17) is 4.74 Å². The number of morpholine rings is 1. The van der Waals surface area contributed by atoms with Gasteiger partial charge in [-0.05, 0) is 29.7 Å². The molecule has 0 saturated carbocycles. The number of benzene rings is 1. The molecule has 7 nitrogen and oxygen atoms in total. The van der Waals surface area contributed by atoms with Gasteiger partial charge in [0.15, 0.2) is 0 Å². The highest BCUT2D eigenvalue weighted by molar-refractivity contribution is 7.89. The predicted molar refractivity (Wildman–Crippen MR) is 85.0 cm³/mol. The normalized spacial score (nSPS) is 21.1. The smallest absolute Gasteiger partial charge is 0.243 e. The Labute approximate surface area is 136 Å². The summed E-state index contributed by atoms with van der Waals surface area (Å²) in [4.78, 5) is 0.216. The summed E-state index contributed by atoms with van der Waals surface area (Å²) < 4.78 is 56.8. The Bertz CT molecular complexity index is 798. The second kappa shape index (κ2) is 6.14. The molecule has 0 atom stereocenters. The summed E-state index contributed by atoms with van der Waals surface area (Å²) in [5.74, 6) is 0. The molecule has 0 aliphatic carbocycles. The van der Waals surface area contributed by atoms with Crippen LogP contribution in [-0.2, 0) is 37.7 Å². The van der Waals surface area contributed by atoms with Crippen LogP contribution in [0, 0.1) is 0 Å². The van der Waals surface area contributed by atoms with E-state index in [0.29, 0.717) is 39.3 Å². The van der Waals surface area contributed by atoms with Crippen LogP contribution in [0.1, 0.15) is 11.1 Å². The molecule has 1 aromatic rings. The zero-order valence-electron chi connectivity index (χ0n) is 12.9. The Balaban J connectivity index is 1.91. The van der Waals surface area contributed by atoms with E-state index in [2.05, 4.69) is 0 Å². The van der Waals surface area contributed by atoms with Crippen molar-refractivity contribution in [3.8, 4) is 0 Å². The van der Waals surface area contributed by atoms with Crippen LogP contribution in [0.15, 0.2) is 23.1 Å². The number of sulfonamides is 2. The minimum atomic E-state index is -3.56. The molecule has 2 heterocycles. The second-order valence-electron chi connectivity index (χ2n) is 5.79. The molecule has 0 radical (unpaired) electrons. The molecule has 3 rings (SSSR count). The van der Waals surface area contributed by atoms with Crippen LogP contribution in [0.5, 0.6) is 0 Å². The fourth-order valence-electron chi connectivity index (χ4n) is 2.89. The summed E-state index contributed by atoms with van der Waals surface area (Å²) >= 11 is 0. The van der Waals surface area contributed by atoms with Gasteiger partial charge in [0, 0.05) is 26.2 Å². The van der Waals surface area contributed by atoms with Gasteiger partial charge < -0.3 is 4.74 Å². The average molecular weight is 360 g/mol. The lowest BCUT2D eigenvalue weighted by Crippen LogP contribution is -2.40. The predicted octanol–water partition coefficient (Wildman–Crippen LogP) is 0.0252. The third kappa shape index (κ3) is 3.43. The minimum Gasteiger partial charge on any atom is -0.379 e. The molecule has 0 N–H and O–H groups in total. The summed E-state index contributed by atoms with van der Waals surface area (Å²) in [5, 5.41) is 0. The lowest BCUT2D eigenvalue weighted by Gasteiger charge is -2.29. The van der Waals surface area contributed by atoms with Gasteiger partial charge >= 0.3 is 0 Å². The third-order valence-electron chi connectivity index (χ3n) is 4.23. The summed E-state index contributed by atoms with van der Waals surface area (Å²) in [5.41, 5.74) is 1.77. The van der Waals surface area contributed by atoms with Crippen molar-refractivity contribution in [1.29, 1.82) is 0 Å². The Kier molecular flexibility index (Phi) is 4.49. The molecule has 9 heteroatoms. The fourth-order valence-corrected chi connectivity index (χ4v) is 5.14. The van der Waals surface area contributed by atoms with Gasteiger partial charge in [0.05, 0.1) is 24.4 Å². The standard InChI is InChI=1S/C14H20N2O5S2/c1-22(17,18)16-5-4-12-2-3-14(10-13(12)11-16)23(19,20)15-6-8-21-9-7-15/h2-3,10H,4-9,11H2,1H3.